The highest BCUT2D eigenvalue weighted by atomic mass is 35.5. The molecule has 116 valence electrons. The quantitative estimate of drug-likeness (QED) is 0.794. The summed E-state index contributed by atoms with van der Waals surface area (Å²) in [5.41, 5.74) is 2.20. The van der Waals surface area contributed by atoms with Gasteiger partial charge in [0.25, 0.3) is 5.91 Å². The first-order chi connectivity index (χ1) is 11.1. The van der Waals surface area contributed by atoms with Crippen molar-refractivity contribution in [1.82, 2.24) is 15.5 Å². The van der Waals surface area contributed by atoms with Crippen LogP contribution in [-0.4, -0.2) is 16.1 Å². The third kappa shape index (κ3) is 3.57. The Balaban J connectivity index is 1.67. The summed E-state index contributed by atoms with van der Waals surface area (Å²) in [6, 6.07) is 14.4. The Hall–Kier alpha value is -2.66. The van der Waals surface area contributed by atoms with Gasteiger partial charge in [-0.05, 0) is 35.9 Å². The molecule has 2 aromatic carbocycles. The fourth-order valence-electron chi connectivity index (χ4n) is 2.10. The summed E-state index contributed by atoms with van der Waals surface area (Å²) >= 11 is 6.07. The van der Waals surface area contributed by atoms with E-state index in [1.807, 2.05) is 18.2 Å². The van der Waals surface area contributed by atoms with Crippen molar-refractivity contribution in [3.63, 3.8) is 0 Å². The van der Waals surface area contributed by atoms with Crippen molar-refractivity contribution in [2.45, 2.75) is 13.5 Å². The second-order valence-corrected chi connectivity index (χ2v) is 5.38. The molecule has 1 aromatic heterocycles. The lowest BCUT2D eigenvalue weighted by Gasteiger charge is -2.07. The van der Waals surface area contributed by atoms with E-state index >= 15 is 0 Å². The van der Waals surface area contributed by atoms with E-state index in [1.54, 1.807) is 37.3 Å². The van der Waals surface area contributed by atoms with Crippen LogP contribution >= 0.6 is 11.6 Å². The lowest BCUT2D eigenvalue weighted by Crippen LogP contribution is -2.22. The maximum absolute atomic E-state index is 12.2. The minimum Gasteiger partial charge on any atom is -0.421 e. The molecule has 3 aromatic rings. The summed E-state index contributed by atoms with van der Waals surface area (Å²) < 4.78 is 5.35. The van der Waals surface area contributed by atoms with Gasteiger partial charge in [-0.2, -0.15) is 0 Å². The topological polar surface area (TPSA) is 68.0 Å². The van der Waals surface area contributed by atoms with Crippen molar-refractivity contribution >= 4 is 17.5 Å². The van der Waals surface area contributed by atoms with Gasteiger partial charge in [-0.3, -0.25) is 4.79 Å². The third-order valence-corrected chi connectivity index (χ3v) is 3.69. The molecule has 23 heavy (non-hydrogen) atoms. The average molecular weight is 328 g/mol. The minimum atomic E-state index is -0.168. The van der Waals surface area contributed by atoms with Gasteiger partial charge in [-0.15, -0.1) is 10.2 Å². The van der Waals surface area contributed by atoms with Gasteiger partial charge < -0.3 is 9.73 Å². The molecule has 6 heteroatoms. The smallest absolute Gasteiger partial charge is 0.251 e. The van der Waals surface area contributed by atoms with Crippen LogP contribution in [0.3, 0.4) is 0 Å². The highest BCUT2D eigenvalue weighted by Gasteiger charge is 2.09. The number of carbonyl (C=O) groups is 1. The molecule has 0 unspecified atom stereocenters. The average Bonchev–Trinajstić information content (AvgIpc) is 3.00. The highest BCUT2D eigenvalue weighted by molar-refractivity contribution is 6.31. The van der Waals surface area contributed by atoms with Gasteiger partial charge in [-0.1, -0.05) is 29.8 Å². The molecule has 1 amide bonds. The van der Waals surface area contributed by atoms with Crippen LogP contribution in [0.25, 0.3) is 11.5 Å². The number of halogens is 1. The summed E-state index contributed by atoms with van der Waals surface area (Å²) in [6.07, 6.45) is 0. The first-order valence-corrected chi connectivity index (χ1v) is 7.43. The van der Waals surface area contributed by atoms with Crippen LogP contribution in [0.4, 0.5) is 0 Å². The van der Waals surface area contributed by atoms with Crippen LogP contribution in [0.15, 0.2) is 52.9 Å². The van der Waals surface area contributed by atoms with Gasteiger partial charge in [0.2, 0.25) is 11.8 Å². The highest BCUT2D eigenvalue weighted by Crippen LogP contribution is 2.18. The molecule has 1 N–H and O–H groups in total. The van der Waals surface area contributed by atoms with Crippen LogP contribution in [0.5, 0.6) is 0 Å². The number of aromatic nitrogens is 2. The maximum Gasteiger partial charge on any atom is 0.251 e. The van der Waals surface area contributed by atoms with E-state index in [1.165, 1.54) is 0 Å². The molecule has 0 saturated heterocycles. The van der Waals surface area contributed by atoms with E-state index in [4.69, 9.17) is 16.0 Å². The van der Waals surface area contributed by atoms with Gasteiger partial charge >= 0.3 is 0 Å². The van der Waals surface area contributed by atoms with E-state index in [-0.39, 0.29) is 5.91 Å². The van der Waals surface area contributed by atoms with Crippen LogP contribution in [-0.2, 0) is 6.54 Å². The fraction of sp³-hybridized carbons (Fsp3) is 0.118. The lowest BCUT2D eigenvalue weighted by atomic mass is 10.1. The molecule has 0 spiro atoms. The number of aryl methyl sites for hydroxylation is 1. The Bertz CT molecular complexity index is 828. The van der Waals surface area contributed by atoms with Crippen molar-refractivity contribution in [3.8, 4) is 11.5 Å². The molecule has 0 aliphatic heterocycles. The third-order valence-electron chi connectivity index (χ3n) is 3.32. The first-order valence-electron chi connectivity index (χ1n) is 7.05. The zero-order valence-corrected chi connectivity index (χ0v) is 13.2. The standard InChI is InChI=1S/C17H14ClN3O2/c1-11-20-21-17(23-11)13-8-6-12(7-9-13)16(22)19-10-14-4-2-3-5-15(14)18/h2-9H,10H2,1H3,(H,19,22). The molecule has 0 atom stereocenters. The predicted octanol–water partition coefficient (Wildman–Crippen LogP) is 3.63. The predicted molar refractivity (Wildman–Crippen MR) is 87.1 cm³/mol. The second-order valence-electron chi connectivity index (χ2n) is 4.98. The van der Waals surface area contributed by atoms with Gasteiger partial charge in [0.15, 0.2) is 0 Å². The number of rotatable bonds is 4. The van der Waals surface area contributed by atoms with Crippen LogP contribution < -0.4 is 5.32 Å². The number of benzene rings is 2. The van der Waals surface area contributed by atoms with Crippen molar-refractivity contribution in [2.24, 2.45) is 0 Å². The van der Waals surface area contributed by atoms with Gasteiger partial charge in [0, 0.05) is 29.6 Å². The van der Waals surface area contributed by atoms with Gasteiger partial charge in [-0.25, -0.2) is 0 Å². The normalized spacial score (nSPS) is 10.5. The fourth-order valence-corrected chi connectivity index (χ4v) is 2.30. The van der Waals surface area contributed by atoms with Gasteiger partial charge in [0.05, 0.1) is 0 Å². The molecular weight excluding hydrogens is 314 g/mol. The molecule has 0 saturated carbocycles. The van der Waals surface area contributed by atoms with Crippen LogP contribution in [0, 0.1) is 6.92 Å². The molecule has 1 heterocycles. The zero-order valence-electron chi connectivity index (χ0n) is 12.4. The van der Waals surface area contributed by atoms with Crippen molar-refractivity contribution in [3.05, 3.63) is 70.6 Å². The number of hydrogen-bond donors (Lipinski definition) is 1. The molecule has 0 bridgehead atoms. The number of nitrogens with one attached hydrogen (secondary N) is 1. The SMILES string of the molecule is Cc1nnc(-c2ccc(C(=O)NCc3ccccc3Cl)cc2)o1. The Morgan fingerprint density at radius 2 is 1.87 bits per heavy atom. The molecular formula is C17H14ClN3O2. The minimum absolute atomic E-state index is 0.168. The maximum atomic E-state index is 12.2. The van der Waals surface area contributed by atoms with E-state index in [0.717, 1.165) is 11.1 Å². The van der Waals surface area contributed by atoms with E-state index in [2.05, 4.69) is 15.5 Å². The molecule has 0 fully saturated rings. The van der Waals surface area contributed by atoms with E-state index in [9.17, 15) is 4.79 Å². The van der Waals surface area contributed by atoms with Crippen molar-refractivity contribution in [2.75, 3.05) is 0 Å². The second kappa shape index (κ2) is 6.62. The van der Waals surface area contributed by atoms with E-state index < -0.39 is 0 Å². The number of carbonyl (C=O) groups excluding carboxylic acids is 1. The Labute approximate surface area is 138 Å². The molecule has 5 nitrogen and oxygen atoms in total. The largest absolute Gasteiger partial charge is 0.421 e. The monoisotopic (exact) mass is 327 g/mol. The Kier molecular flexibility index (Phi) is 4.39. The Morgan fingerprint density at radius 3 is 2.52 bits per heavy atom. The number of hydrogen-bond acceptors (Lipinski definition) is 4. The van der Waals surface area contributed by atoms with Crippen molar-refractivity contribution < 1.29 is 9.21 Å². The van der Waals surface area contributed by atoms with E-state index in [0.29, 0.717) is 28.9 Å². The summed E-state index contributed by atoms with van der Waals surface area (Å²) in [4.78, 5) is 12.2. The Morgan fingerprint density at radius 1 is 1.13 bits per heavy atom. The lowest BCUT2D eigenvalue weighted by molar-refractivity contribution is 0.0951. The first kappa shape index (κ1) is 15.2. The molecule has 0 aliphatic carbocycles. The summed E-state index contributed by atoms with van der Waals surface area (Å²) in [5.74, 6) is 0.769. The molecule has 0 aliphatic rings. The van der Waals surface area contributed by atoms with Crippen LogP contribution in [0.1, 0.15) is 21.8 Å². The molecule has 0 radical (unpaired) electrons. The summed E-state index contributed by atoms with van der Waals surface area (Å²) in [6.45, 7) is 2.11. The van der Waals surface area contributed by atoms with Crippen LogP contribution in [0.2, 0.25) is 5.02 Å². The van der Waals surface area contributed by atoms with Crippen molar-refractivity contribution in [1.29, 1.82) is 0 Å². The summed E-state index contributed by atoms with van der Waals surface area (Å²) in [5, 5.41) is 11.2. The number of nitrogens with zero attached hydrogens (tertiary/aromatic N) is 2. The summed E-state index contributed by atoms with van der Waals surface area (Å²) in [7, 11) is 0. The van der Waals surface area contributed by atoms with Gasteiger partial charge in [0.1, 0.15) is 0 Å². The zero-order chi connectivity index (χ0) is 16.2. The number of amides is 1. The molecule has 3 rings (SSSR count).